The van der Waals surface area contributed by atoms with Gasteiger partial charge in [0.15, 0.2) is 0 Å². The molecule has 0 radical (unpaired) electrons. The second-order valence-corrected chi connectivity index (χ2v) is 7.06. The molecule has 0 saturated carbocycles. The summed E-state index contributed by atoms with van der Waals surface area (Å²) in [6, 6.07) is 14.8. The molecular formula is C23H22ClNO4. The van der Waals surface area contributed by atoms with Crippen LogP contribution < -0.4 is 4.74 Å². The lowest BCUT2D eigenvalue weighted by atomic mass is 10.0. The maximum atomic E-state index is 13.1. The summed E-state index contributed by atoms with van der Waals surface area (Å²) in [6.07, 6.45) is 2.32. The summed E-state index contributed by atoms with van der Waals surface area (Å²) in [5.74, 6) is 0.0225. The van der Waals surface area contributed by atoms with Crippen molar-refractivity contribution < 1.29 is 19.1 Å². The number of carbonyl (C=O) groups excluding carboxylic acids is 2. The van der Waals surface area contributed by atoms with E-state index in [0.29, 0.717) is 29.3 Å². The normalized spacial score (nSPS) is 15.2. The first-order valence-corrected chi connectivity index (χ1v) is 9.54. The van der Waals surface area contributed by atoms with Gasteiger partial charge in [-0.1, -0.05) is 35.9 Å². The minimum Gasteiger partial charge on any atom is -0.497 e. The lowest BCUT2D eigenvalue weighted by Crippen LogP contribution is -2.27. The second kappa shape index (κ2) is 8.97. The number of hydrogen-bond acceptors (Lipinski definition) is 4. The highest BCUT2D eigenvalue weighted by Crippen LogP contribution is 2.32. The highest BCUT2D eigenvalue weighted by atomic mass is 35.5. The van der Waals surface area contributed by atoms with Crippen molar-refractivity contribution in [1.82, 2.24) is 4.90 Å². The van der Waals surface area contributed by atoms with Gasteiger partial charge >= 0.3 is 5.97 Å². The summed E-state index contributed by atoms with van der Waals surface area (Å²) in [5.41, 5.74) is 2.99. The van der Waals surface area contributed by atoms with Gasteiger partial charge in [-0.2, -0.15) is 0 Å². The van der Waals surface area contributed by atoms with Crippen LogP contribution in [0.3, 0.4) is 0 Å². The minimum absolute atomic E-state index is 0.226. The van der Waals surface area contributed by atoms with E-state index in [9.17, 15) is 9.59 Å². The highest BCUT2D eigenvalue weighted by Gasteiger charge is 2.36. The van der Waals surface area contributed by atoms with E-state index < -0.39 is 5.97 Å². The number of esters is 1. The summed E-state index contributed by atoms with van der Waals surface area (Å²) >= 11 is 6.05. The predicted molar refractivity (Wildman–Crippen MR) is 113 cm³/mol. The molecule has 0 spiro atoms. The molecule has 3 rings (SSSR count). The fraction of sp³-hybridized carbons (Fsp3) is 0.217. The Hall–Kier alpha value is -3.05. The zero-order valence-corrected chi connectivity index (χ0v) is 17.3. The van der Waals surface area contributed by atoms with Crippen LogP contribution in [0.5, 0.6) is 5.75 Å². The van der Waals surface area contributed by atoms with E-state index in [2.05, 4.69) is 0 Å². The molecular weight excluding hydrogens is 390 g/mol. The lowest BCUT2D eigenvalue weighted by molar-refractivity contribution is -0.136. The monoisotopic (exact) mass is 411 g/mol. The highest BCUT2D eigenvalue weighted by molar-refractivity contribution is 6.30. The molecule has 2 aromatic rings. The van der Waals surface area contributed by atoms with E-state index in [1.165, 1.54) is 7.11 Å². The lowest BCUT2D eigenvalue weighted by Gasteiger charge is -2.18. The van der Waals surface area contributed by atoms with Gasteiger partial charge in [0.05, 0.1) is 25.4 Å². The zero-order chi connectivity index (χ0) is 21.0. The van der Waals surface area contributed by atoms with E-state index in [-0.39, 0.29) is 11.5 Å². The fourth-order valence-electron chi connectivity index (χ4n) is 3.29. The average Bonchev–Trinajstić information content (AvgIpc) is 2.95. The standard InChI is InChI=1S/C23H22ClNO4/c1-15-21(23(27)29-3)20(14-17-5-4-6-18(24)13-17)22(26)25(15)12-11-16-7-9-19(28-2)10-8-16/h4-10,13-14H,11-12H2,1-3H3/b20-14-. The molecule has 0 unspecified atom stereocenters. The molecule has 0 bridgehead atoms. The van der Waals surface area contributed by atoms with Gasteiger partial charge in [-0.3, -0.25) is 4.79 Å². The van der Waals surface area contributed by atoms with Gasteiger partial charge in [-0.05, 0) is 54.8 Å². The minimum atomic E-state index is -0.531. The summed E-state index contributed by atoms with van der Waals surface area (Å²) in [7, 11) is 2.93. The van der Waals surface area contributed by atoms with Crippen molar-refractivity contribution in [3.63, 3.8) is 0 Å². The van der Waals surface area contributed by atoms with Crippen molar-refractivity contribution in [3.05, 3.63) is 81.5 Å². The summed E-state index contributed by atoms with van der Waals surface area (Å²) in [6.45, 7) is 2.21. The number of ether oxygens (including phenoxy) is 2. The Bertz CT molecular complexity index is 992. The van der Waals surface area contributed by atoms with Gasteiger partial charge in [-0.15, -0.1) is 0 Å². The molecule has 0 atom stereocenters. The van der Waals surface area contributed by atoms with Crippen molar-refractivity contribution in [2.75, 3.05) is 20.8 Å². The smallest absolute Gasteiger partial charge is 0.340 e. The van der Waals surface area contributed by atoms with Crippen LogP contribution >= 0.6 is 11.6 Å². The number of amides is 1. The first kappa shape index (κ1) is 20.7. The van der Waals surface area contributed by atoms with E-state index in [1.807, 2.05) is 30.3 Å². The number of rotatable bonds is 6. The molecule has 6 heteroatoms. The van der Waals surface area contributed by atoms with Crippen LogP contribution in [0, 0.1) is 0 Å². The second-order valence-electron chi connectivity index (χ2n) is 6.62. The number of halogens is 1. The largest absolute Gasteiger partial charge is 0.497 e. The SMILES string of the molecule is COC(=O)C1=C(C)N(CCc2ccc(OC)cc2)C(=O)/C1=C\c1cccc(Cl)c1. The molecule has 1 amide bonds. The van der Waals surface area contributed by atoms with Gasteiger partial charge in [0.25, 0.3) is 5.91 Å². The van der Waals surface area contributed by atoms with Crippen LogP contribution in [0.4, 0.5) is 0 Å². The molecule has 1 aliphatic rings. The quantitative estimate of drug-likeness (QED) is 0.526. The number of hydrogen-bond donors (Lipinski definition) is 0. The molecule has 0 aromatic heterocycles. The van der Waals surface area contributed by atoms with Crippen LogP contribution in [-0.4, -0.2) is 37.5 Å². The Morgan fingerprint density at radius 1 is 1.14 bits per heavy atom. The number of nitrogens with zero attached hydrogens (tertiary/aromatic N) is 1. The molecule has 0 fully saturated rings. The molecule has 1 aliphatic heterocycles. The molecule has 2 aromatic carbocycles. The average molecular weight is 412 g/mol. The molecule has 0 saturated heterocycles. The maximum Gasteiger partial charge on any atom is 0.340 e. The van der Waals surface area contributed by atoms with Gasteiger partial charge in [0.2, 0.25) is 0 Å². The Balaban J connectivity index is 1.89. The summed E-state index contributed by atoms with van der Waals surface area (Å²) in [5, 5.41) is 0.557. The first-order chi connectivity index (χ1) is 13.9. The molecule has 150 valence electrons. The summed E-state index contributed by atoms with van der Waals surface area (Å²) in [4.78, 5) is 27.1. The first-order valence-electron chi connectivity index (χ1n) is 9.16. The van der Waals surface area contributed by atoms with E-state index in [1.54, 1.807) is 43.2 Å². The maximum absolute atomic E-state index is 13.1. The third kappa shape index (κ3) is 4.51. The van der Waals surface area contributed by atoms with Gasteiger partial charge in [0, 0.05) is 17.3 Å². The molecule has 29 heavy (non-hydrogen) atoms. The summed E-state index contributed by atoms with van der Waals surface area (Å²) < 4.78 is 10.1. The van der Waals surface area contributed by atoms with E-state index in [0.717, 1.165) is 16.9 Å². The van der Waals surface area contributed by atoms with Gasteiger partial charge in [-0.25, -0.2) is 4.79 Å². The van der Waals surface area contributed by atoms with Crippen LogP contribution in [0.1, 0.15) is 18.1 Å². The number of benzene rings is 2. The van der Waals surface area contributed by atoms with E-state index >= 15 is 0 Å². The molecule has 5 nitrogen and oxygen atoms in total. The van der Waals surface area contributed by atoms with Crippen molar-refractivity contribution in [1.29, 1.82) is 0 Å². The Morgan fingerprint density at radius 3 is 2.48 bits per heavy atom. The predicted octanol–water partition coefficient (Wildman–Crippen LogP) is 4.26. The van der Waals surface area contributed by atoms with Crippen LogP contribution in [0.2, 0.25) is 5.02 Å². The van der Waals surface area contributed by atoms with Crippen molar-refractivity contribution in [2.45, 2.75) is 13.3 Å². The Labute approximate surface area is 175 Å². The van der Waals surface area contributed by atoms with Crippen LogP contribution in [0.15, 0.2) is 65.4 Å². The molecule has 1 heterocycles. The number of carbonyl (C=O) groups is 2. The van der Waals surface area contributed by atoms with Crippen LogP contribution in [0.25, 0.3) is 6.08 Å². The van der Waals surface area contributed by atoms with Crippen molar-refractivity contribution in [3.8, 4) is 5.75 Å². The molecule has 0 aliphatic carbocycles. The van der Waals surface area contributed by atoms with Gasteiger partial charge < -0.3 is 14.4 Å². The van der Waals surface area contributed by atoms with Gasteiger partial charge in [0.1, 0.15) is 5.75 Å². The van der Waals surface area contributed by atoms with E-state index in [4.69, 9.17) is 21.1 Å². The third-order valence-electron chi connectivity index (χ3n) is 4.84. The third-order valence-corrected chi connectivity index (χ3v) is 5.08. The number of allylic oxidation sites excluding steroid dienone is 1. The number of methoxy groups -OCH3 is 2. The Morgan fingerprint density at radius 2 is 1.86 bits per heavy atom. The van der Waals surface area contributed by atoms with Crippen LogP contribution in [-0.2, 0) is 20.7 Å². The van der Waals surface area contributed by atoms with Crippen molar-refractivity contribution in [2.24, 2.45) is 0 Å². The molecule has 0 N–H and O–H groups in total. The van der Waals surface area contributed by atoms with Crippen molar-refractivity contribution >= 4 is 29.6 Å². The zero-order valence-electron chi connectivity index (χ0n) is 16.6. The Kier molecular flexibility index (Phi) is 6.39. The fourth-order valence-corrected chi connectivity index (χ4v) is 3.49. The topological polar surface area (TPSA) is 55.8 Å².